The van der Waals surface area contributed by atoms with Gasteiger partial charge in [-0.05, 0) is 59.1 Å². The maximum Gasteiger partial charge on any atom is 0.494 e. The first-order valence-electron chi connectivity index (χ1n) is 9.19. The number of rotatable bonds is 6. The van der Waals surface area contributed by atoms with E-state index in [4.69, 9.17) is 14.0 Å². The molecular formula is C19H28BN3O4. The highest BCUT2D eigenvalue weighted by molar-refractivity contribution is 6.62. The molecule has 1 aliphatic rings. The van der Waals surface area contributed by atoms with Crippen molar-refractivity contribution in [2.75, 3.05) is 6.61 Å². The average Bonchev–Trinajstić information content (AvgIpc) is 3.11. The van der Waals surface area contributed by atoms with Gasteiger partial charge in [-0.3, -0.25) is 0 Å². The molecule has 0 amide bonds. The molecule has 146 valence electrons. The summed E-state index contributed by atoms with van der Waals surface area (Å²) in [6.45, 7) is 12.5. The van der Waals surface area contributed by atoms with Crippen molar-refractivity contribution in [3.8, 4) is 5.75 Å². The standard InChI is InChI=1S/C19H28BN3O4/c1-17(2,24)16-13-23(22-21-16)11-12-25-15-9-7-14(8-10-15)20-26-18(3,4)19(5,6)27-20/h7-10,13,24H,11-12H2,1-6H3. The molecule has 2 aromatic rings. The van der Waals surface area contributed by atoms with Gasteiger partial charge in [0, 0.05) is 0 Å². The lowest BCUT2D eigenvalue weighted by Crippen LogP contribution is -2.41. The molecule has 1 aliphatic heterocycles. The summed E-state index contributed by atoms with van der Waals surface area (Å²) >= 11 is 0. The third kappa shape index (κ3) is 4.34. The topological polar surface area (TPSA) is 78.6 Å². The Labute approximate surface area is 160 Å². The van der Waals surface area contributed by atoms with Crippen LogP contribution in [0, 0.1) is 0 Å². The fourth-order valence-corrected chi connectivity index (χ4v) is 2.65. The van der Waals surface area contributed by atoms with Gasteiger partial charge in [0.05, 0.1) is 23.9 Å². The first kappa shape index (κ1) is 19.9. The van der Waals surface area contributed by atoms with E-state index < -0.39 is 5.60 Å². The summed E-state index contributed by atoms with van der Waals surface area (Å²) in [5, 5.41) is 17.9. The van der Waals surface area contributed by atoms with Crippen molar-refractivity contribution >= 4 is 12.6 Å². The third-order valence-corrected chi connectivity index (χ3v) is 5.16. The van der Waals surface area contributed by atoms with Crippen molar-refractivity contribution in [2.45, 2.75) is 64.9 Å². The van der Waals surface area contributed by atoms with E-state index >= 15 is 0 Å². The van der Waals surface area contributed by atoms with Crippen LogP contribution in [-0.2, 0) is 21.5 Å². The molecule has 7 nitrogen and oxygen atoms in total. The number of hydrogen-bond acceptors (Lipinski definition) is 6. The lowest BCUT2D eigenvalue weighted by Gasteiger charge is -2.32. The minimum absolute atomic E-state index is 0.355. The van der Waals surface area contributed by atoms with Crippen molar-refractivity contribution in [2.24, 2.45) is 0 Å². The molecule has 0 spiro atoms. The SMILES string of the molecule is CC(C)(O)c1cn(CCOc2ccc(B3OC(C)(C)C(C)(C)O3)cc2)nn1. The summed E-state index contributed by atoms with van der Waals surface area (Å²) < 4.78 is 19.5. The average molecular weight is 373 g/mol. The van der Waals surface area contributed by atoms with E-state index in [-0.39, 0.29) is 18.3 Å². The highest BCUT2D eigenvalue weighted by atomic mass is 16.7. The molecule has 0 saturated carbocycles. The molecule has 0 radical (unpaired) electrons. The Hall–Kier alpha value is -1.90. The molecule has 0 aliphatic carbocycles. The van der Waals surface area contributed by atoms with Crippen molar-refractivity contribution in [1.29, 1.82) is 0 Å². The molecule has 1 fully saturated rings. The molecule has 3 rings (SSSR count). The molecule has 1 saturated heterocycles. The summed E-state index contributed by atoms with van der Waals surface area (Å²) in [5.41, 5.74) is -0.205. The lowest BCUT2D eigenvalue weighted by atomic mass is 9.79. The normalized spacial score (nSPS) is 18.7. The third-order valence-electron chi connectivity index (χ3n) is 5.16. The van der Waals surface area contributed by atoms with Crippen LogP contribution < -0.4 is 10.2 Å². The Balaban J connectivity index is 1.54. The van der Waals surface area contributed by atoms with E-state index in [9.17, 15) is 5.11 Å². The zero-order valence-corrected chi connectivity index (χ0v) is 16.9. The van der Waals surface area contributed by atoms with Crippen LogP contribution >= 0.6 is 0 Å². The summed E-state index contributed by atoms with van der Waals surface area (Å²) in [6.07, 6.45) is 1.73. The van der Waals surface area contributed by atoms with Crippen LogP contribution in [0.1, 0.15) is 47.2 Å². The van der Waals surface area contributed by atoms with Crippen LogP contribution in [-0.4, -0.2) is 45.0 Å². The van der Waals surface area contributed by atoms with Crippen molar-refractivity contribution in [3.63, 3.8) is 0 Å². The van der Waals surface area contributed by atoms with Gasteiger partial charge in [-0.25, -0.2) is 4.68 Å². The molecule has 27 heavy (non-hydrogen) atoms. The van der Waals surface area contributed by atoms with Crippen molar-refractivity contribution < 1.29 is 19.2 Å². The highest BCUT2D eigenvalue weighted by Crippen LogP contribution is 2.36. The maximum atomic E-state index is 9.92. The second-order valence-corrected chi connectivity index (χ2v) is 8.43. The zero-order valence-electron chi connectivity index (χ0n) is 16.9. The van der Waals surface area contributed by atoms with Gasteiger partial charge in [0.2, 0.25) is 0 Å². The first-order chi connectivity index (χ1) is 12.5. The maximum absolute atomic E-state index is 9.92. The minimum atomic E-state index is -0.998. The molecule has 0 unspecified atom stereocenters. The van der Waals surface area contributed by atoms with E-state index in [1.54, 1.807) is 24.7 Å². The van der Waals surface area contributed by atoms with Gasteiger partial charge in [0.1, 0.15) is 23.7 Å². The van der Waals surface area contributed by atoms with E-state index in [1.165, 1.54) is 0 Å². The monoisotopic (exact) mass is 373 g/mol. The second-order valence-electron chi connectivity index (χ2n) is 8.43. The lowest BCUT2D eigenvalue weighted by molar-refractivity contribution is 0.00578. The second kappa shape index (κ2) is 6.93. The molecule has 2 heterocycles. The summed E-state index contributed by atoms with van der Waals surface area (Å²) in [4.78, 5) is 0. The largest absolute Gasteiger partial charge is 0.494 e. The number of hydrogen-bond donors (Lipinski definition) is 1. The van der Waals surface area contributed by atoms with Crippen molar-refractivity contribution in [1.82, 2.24) is 15.0 Å². The molecule has 1 aromatic carbocycles. The van der Waals surface area contributed by atoms with E-state index in [2.05, 4.69) is 10.3 Å². The first-order valence-corrected chi connectivity index (χ1v) is 9.19. The van der Waals surface area contributed by atoms with Gasteiger partial charge >= 0.3 is 7.12 Å². The molecule has 1 N–H and O–H groups in total. The summed E-state index contributed by atoms with van der Waals surface area (Å²) in [7, 11) is -0.376. The fraction of sp³-hybridized carbons (Fsp3) is 0.579. The van der Waals surface area contributed by atoms with Gasteiger partial charge in [0.25, 0.3) is 0 Å². The highest BCUT2D eigenvalue weighted by Gasteiger charge is 2.51. The number of aliphatic hydroxyl groups is 1. The Kier molecular flexibility index (Phi) is 5.09. The number of aromatic nitrogens is 3. The quantitative estimate of drug-likeness (QED) is 0.779. The van der Waals surface area contributed by atoms with Gasteiger partial charge in [-0.2, -0.15) is 0 Å². The van der Waals surface area contributed by atoms with Crippen LogP contribution in [0.4, 0.5) is 0 Å². The predicted molar refractivity (Wildman–Crippen MR) is 103 cm³/mol. The molecular weight excluding hydrogens is 345 g/mol. The number of benzene rings is 1. The van der Waals surface area contributed by atoms with Crippen LogP contribution in [0.25, 0.3) is 0 Å². The molecule has 1 aromatic heterocycles. The zero-order chi connectivity index (χ0) is 19.9. The smallest absolute Gasteiger partial charge is 0.492 e. The van der Waals surface area contributed by atoms with E-state index in [0.717, 1.165) is 11.2 Å². The van der Waals surface area contributed by atoms with E-state index in [1.807, 2.05) is 52.0 Å². The summed E-state index contributed by atoms with van der Waals surface area (Å²) in [6, 6.07) is 7.73. The fourth-order valence-electron chi connectivity index (χ4n) is 2.65. The number of ether oxygens (including phenoxy) is 1. The van der Waals surface area contributed by atoms with Crippen molar-refractivity contribution in [3.05, 3.63) is 36.2 Å². The molecule has 0 atom stereocenters. The van der Waals surface area contributed by atoms with Crippen LogP contribution in [0.15, 0.2) is 30.5 Å². The van der Waals surface area contributed by atoms with Crippen LogP contribution in [0.3, 0.4) is 0 Å². The van der Waals surface area contributed by atoms with E-state index in [0.29, 0.717) is 18.8 Å². The van der Waals surface area contributed by atoms with Crippen LogP contribution in [0.2, 0.25) is 0 Å². The van der Waals surface area contributed by atoms with Gasteiger partial charge in [0.15, 0.2) is 0 Å². The summed E-state index contributed by atoms with van der Waals surface area (Å²) in [5.74, 6) is 0.762. The molecule has 0 bridgehead atoms. The minimum Gasteiger partial charge on any atom is -0.492 e. The Morgan fingerprint density at radius 3 is 2.22 bits per heavy atom. The Morgan fingerprint density at radius 1 is 1.11 bits per heavy atom. The Bertz CT molecular complexity index is 765. The van der Waals surface area contributed by atoms with Gasteiger partial charge in [-0.15, -0.1) is 5.10 Å². The predicted octanol–water partition coefficient (Wildman–Crippen LogP) is 1.88. The van der Waals surface area contributed by atoms with Gasteiger partial charge in [-0.1, -0.05) is 17.3 Å². The number of nitrogens with zero attached hydrogens (tertiary/aromatic N) is 3. The molecule has 8 heteroatoms. The van der Waals surface area contributed by atoms with Gasteiger partial charge < -0.3 is 19.2 Å². The Morgan fingerprint density at radius 2 is 1.70 bits per heavy atom. The van der Waals surface area contributed by atoms with Crippen LogP contribution in [0.5, 0.6) is 5.75 Å².